The van der Waals surface area contributed by atoms with Gasteiger partial charge in [0.2, 0.25) is 0 Å². The van der Waals surface area contributed by atoms with Gasteiger partial charge in [-0.3, -0.25) is 14.9 Å². The average molecular weight is 356 g/mol. The number of guanidine groups is 1. The minimum Gasteiger partial charge on any atom is -0.364 e. The quantitative estimate of drug-likeness (QED) is 0.628. The van der Waals surface area contributed by atoms with Crippen LogP contribution in [0, 0.1) is 6.92 Å². The van der Waals surface area contributed by atoms with Crippen LogP contribution in [0.2, 0.25) is 0 Å². The molecule has 0 spiro atoms. The maximum Gasteiger partial charge on any atom is 0.194 e. The summed E-state index contributed by atoms with van der Waals surface area (Å²) < 4.78 is 4.91. The summed E-state index contributed by atoms with van der Waals surface area (Å²) in [6.45, 7) is 10.5. The third kappa shape index (κ3) is 5.29. The monoisotopic (exact) mass is 356 g/mol. The number of piperazine rings is 1. The van der Waals surface area contributed by atoms with E-state index in [9.17, 15) is 0 Å². The molecular formula is C19H28N6O. The first-order valence-electron chi connectivity index (χ1n) is 9.31. The van der Waals surface area contributed by atoms with Crippen molar-refractivity contribution in [3.63, 3.8) is 0 Å². The number of nitrogens with one attached hydrogen (secondary N) is 1. The van der Waals surface area contributed by atoms with Gasteiger partial charge in [0, 0.05) is 63.8 Å². The van der Waals surface area contributed by atoms with Crippen molar-refractivity contribution in [3.05, 3.63) is 47.6 Å². The number of hydrogen-bond donors (Lipinski definition) is 1. The van der Waals surface area contributed by atoms with E-state index < -0.39 is 0 Å². The van der Waals surface area contributed by atoms with E-state index in [1.54, 1.807) is 6.26 Å². The van der Waals surface area contributed by atoms with Crippen LogP contribution in [0.1, 0.15) is 23.9 Å². The van der Waals surface area contributed by atoms with Crippen LogP contribution in [-0.4, -0.2) is 65.2 Å². The van der Waals surface area contributed by atoms with Crippen molar-refractivity contribution in [2.24, 2.45) is 4.99 Å². The predicted molar refractivity (Wildman–Crippen MR) is 102 cm³/mol. The van der Waals surface area contributed by atoms with Gasteiger partial charge in [0.25, 0.3) is 0 Å². The molecule has 0 aliphatic carbocycles. The smallest absolute Gasteiger partial charge is 0.194 e. The largest absolute Gasteiger partial charge is 0.364 e. The summed E-state index contributed by atoms with van der Waals surface area (Å²) in [6.07, 6.45) is 4.49. The molecule has 140 valence electrons. The summed E-state index contributed by atoms with van der Waals surface area (Å²) in [6, 6.07) is 6.11. The van der Waals surface area contributed by atoms with Crippen LogP contribution in [0.4, 0.5) is 0 Å². The summed E-state index contributed by atoms with van der Waals surface area (Å²) in [5.74, 6) is 1.01. The number of aromatic nitrogens is 2. The van der Waals surface area contributed by atoms with Gasteiger partial charge in [-0.2, -0.15) is 0 Å². The first kappa shape index (κ1) is 18.4. The molecule has 1 aliphatic rings. The van der Waals surface area contributed by atoms with Crippen molar-refractivity contribution in [2.75, 3.05) is 39.3 Å². The molecule has 1 saturated heterocycles. The van der Waals surface area contributed by atoms with Gasteiger partial charge in [-0.05, 0) is 31.9 Å². The van der Waals surface area contributed by atoms with Gasteiger partial charge in [-0.1, -0.05) is 11.2 Å². The highest BCUT2D eigenvalue weighted by Crippen LogP contribution is 2.08. The zero-order valence-corrected chi connectivity index (χ0v) is 15.7. The Morgan fingerprint density at radius 3 is 2.73 bits per heavy atom. The highest BCUT2D eigenvalue weighted by molar-refractivity contribution is 5.80. The summed E-state index contributed by atoms with van der Waals surface area (Å²) in [5.41, 5.74) is 3.27. The van der Waals surface area contributed by atoms with E-state index in [2.05, 4.69) is 44.3 Å². The summed E-state index contributed by atoms with van der Waals surface area (Å²) in [5, 5.41) is 7.42. The van der Waals surface area contributed by atoms with E-state index in [4.69, 9.17) is 9.52 Å². The van der Waals surface area contributed by atoms with Crippen molar-refractivity contribution in [1.29, 1.82) is 0 Å². The van der Waals surface area contributed by atoms with Gasteiger partial charge in [0.05, 0.1) is 5.69 Å². The summed E-state index contributed by atoms with van der Waals surface area (Å²) in [7, 11) is 0. The van der Waals surface area contributed by atoms with Crippen LogP contribution < -0.4 is 5.32 Å². The molecule has 0 saturated carbocycles. The Morgan fingerprint density at radius 2 is 2.08 bits per heavy atom. The first-order valence-corrected chi connectivity index (χ1v) is 9.31. The molecule has 3 rings (SSSR count). The molecule has 2 aromatic heterocycles. The summed E-state index contributed by atoms with van der Waals surface area (Å²) in [4.78, 5) is 13.9. The second-order valence-corrected chi connectivity index (χ2v) is 6.55. The van der Waals surface area contributed by atoms with E-state index >= 15 is 0 Å². The lowest BCUT2D eigenvalue weighted by atomic mass is 10.2. The molecule has 2 aromatic rings. The number of pyridine rings is 1. The Kier molecular flexibility index (Phi) is 6.60. The van der Waals surface area contributed by atoms with Gasteiger partial charge in [-0.25, -0.2) is 0 Å². The number of rotatable bonds is 6. The second-order valence-electron chi connectivity index (χ2n) is 6.55. The lowest BCUT2D eigenvalue weighted by Crippen LogP contribution is -2.52. The minimum absolute atomic E-state index is 0.770. The Labute approximate surface area is 155 Å². The number of aliphatic imine (C=N–C) groups is 1. The molecular weight excluding hydrogens is 328 g/mol. The van der Waals surface area contributed by atoms with Crippen LogP contribution >= 0.6 is 0 Å². The zero-order chi connectivity index (χ0) is 18.2. The van der Waals surface area contributed by atoms with Crippen molar-refractivity contribution >= 4 is 5.96 Å². The molecule has 0 aromatic carbocycles. The van der Waals surface area contributed by atoms with Gasteiger partial charge < -0.3 is 14.7 Å². The van der Waals surface area contributed by atoms with E-state index in [0.717, 1.165) is 69.6 Å². The fraction of sp³-hybridized carbons (Fsp3) is 0.526. The van der Waals surface area contributed by atoms with Crippen molar-refractivity contribution < 1.29 is 4.52 Å². The Bertz CT molecular complexity index is 675. The molecule has 7 heteroatoms. The second kappa shape index (κ2) is 9.33. The van der Waals surface area contributed by atoms with Gasteiger partial charge in [0.1, 0.15) is 6.26 Å². The predicted octanol–water partition coefficient (Wildman–Crippen LogP) is 1.70. The van der Waals surface area contributed by atoms with Crippen molar-refractivity contribution in [1.82, 2.24) is 25.3 Å². The van der Waals surface area contributed by atoms with Crippen LogP contribution in [0.3, 0.4) is 0 Å². The van der Waals surface area contributed by atoms with Gasteiger partial charge >= 0.3 is 0 Å². The molecule has 1 N–H and O–H groups in total. The van der Waals surface area contributed by atoms with Crippen LogP contribution in [-0.2, 0) is 13.0 Å². The van der Waals surface area contributed by atoms with Crippen molar-refractivity contribution in [2.45, 2.75) is 26.8 Å². The van der Waals surface area contributed by atoms with Gasteiger partial charge in [0.15, 0.2) is 5.96 Å². The normalized spacial score (nSPS) is 16.1. The standard InChI is InChI=1S/C19H28N6O/c1-3-20-19(21-8-6-17-5-4-16(2)22-14-17)25-11-9-24(10-12-25)15-18-7-13-26-23-18/h4-5,7,13-14H,3,6,8-12,15H2,1-2H3,(H,20,21). The van der Waals surface area contributed by atoms with Crippen LogP contribution in [0.5, 0.6) is 0 Å². The highest BCUT2D eigenvalue weighted by Gasteiger charge is 2.20. The third-order valence-corrected chi connectivity index (χ3v) is 4.52. The lowest BCUT2D eigenvalue weighted by Gasteiger charge is -2.36. The summed E-state index contributed by atoms with van der Waals surface area (Å²) >= 11 is 0. The fourth-order valence-corrected chi connectivity index (χ4v) is 3.03. The Balaban J connectivity index is 1.50. The van der Waals surface area contributed by atoms with Crippen LogP contribution in [0.25, 0.3) is 0 Å². The fourth-order valence-electron chi connectivity index (χ4n) is 3.03. The Hall–Kier alpha value is -2.41. The molecule has 3 heterocycles. The molecule has 0 amide bonds. The zero-order valence-electron chi connectivity index (χ0n) is 15.7. The van der Waals surface area contributed by atoms with Gasteiger partial charge in [-0.15, -0.1) is 0 Å². The molecule has 0 bridgehead atoms. The molecule has 26 heavy (non-hydrogen) atoms. The Morgan fingerprint density at radius 1 is 1.23 bits per heavy atom. The average Bonchev–Trinajstić information content (AvgIpc) is 3.16. The lowest BCUT2D eigenvalue weighted by molar-refractivity contribution is 0.169. The van der Waals surface area contributed by atoms with E-state index in [0.29, 0.717) is 0 Å². The maximum atomic E-state index is 4.91. The van der Waals surface area contributed by atoms with Crippen molar-refractivity contribution in [3.8, 4) is 0 Å². The first-order chi connectivity index (χ1) is 12.7. The third-order valence-electron chi connectivity index (χ3n) is 4.52. The van der Waals surface area contributed by atoms with E-state index in [1.165, 1.54) is 5.56 Å². The molecule has 0 radical (unpaired) electrons. The topological polar surface area (TPSA) is 69.8 Å². The number of nitrogens with zero attached hydrogens (tertiary/aromatic N) is 5. The molecule has 1 aliphatic heterocycles. The van der Waals surface area contributed by atoms with E-state index in [-0.39, 0.29) is 0 Å². The number of aryl methyl sites for hydroxylation is 1. The molecule has 0 atom stereocenters. The maximum absolute atomic E-state index is 4.91. The number of hydrogen-bond acceptors (Lipinski definition) is 5. The molecule has 7 nitrogen and oxygen atoms in total. The highest BCUT2D eigenvalue weighted by atomic mass is 16.5. The van der Waals surface area contributed by atoms with E-state index in [1.807, 2.05) is 19.2 Å². The SMILES string of the molecule is CCNC(=NCCc1ccc(C)nc1)N1CCN(Cc2ccon2)CC1. The minimum atomic E-state index is 0.770. The molecule has 0 unspecified atom stereocenters. The van der Waals surface area contributed by atoms with Crippen LogP contribution in [0.15, 0.2) is 40.2 Å². The molecule has 1 fully saturated rings.